The minimum Gasteiger partial charge on any atom is -0.480 e. The van der Waals surface area contributed by atoms with Gasteiger partial charge < -0.3 is 25.2 Å². The number of carboxylic acids is 1. The van der Waals surface area contributed by atoms with Gasteiger partial charge in [-0.25, -0.2) is 4.79 Å². The molecule has 0 radical (unpaired) electrons. The fourth-order valence-corrected chi connectivity index (χ4v) is 4.14. The molecule has 0 aliphatic heterocycles. The summed E-state index contributed by atoms with van der Waals surface area (Å²) < 4.78 is 5.55. The highest BCUT2D eigenvalue weighted by atomic mass is 16.5. The molecule has 0 aromatic heterocycles. The summed E-state index contributed by atoms with van der Waals surface area (Å²) in [6, 6.07) is 14.9. The van der Waals surface area contributed by atoms with E-state index in [1.54, 1.807) is 20.8 Å². The molecule has 8 nitrogen and oxygen atoms in total. The maximum atomic E-state index is 13.0. The van der Waals surface area contributed by atoms with Crippen LogP contribution >= 0.6 is 0 Å². The molecule has 33 heavy (non-hydrogen) atoms. The highest BCUT2D eigenvalue weighted by Gasteiger charge is 2.37. The van der Waals surface area contributed by atoms with Gasteiger partial charge in [-0.1, -0.05) is 69.3 Å². The van der Waals surface area contributed by atoms with E-state index >= 15 is 0 Å². The summed E-state index contributed by atoms with van der Waals surface area (Å²) in [4.78, 5) is 37.9. The van der Waals surface area contributed by atoms with E-state index < -0.39 is 36.0 Å². The number of fused-ring (bicyclic) bond motifs is 3. The number of hydrogen-bond donors (Lipinski definition) is 3. The maximum absolute atomic E-state index is 13.0. The average molecular weight is 455 g/mol. The Morgan fingerprint density at radius 3 is 2.06 bits per heavy atom. The quantitative estimate of drug-likeness (QED) is 0.565. The van der Waals surface area contributed by atoms with Gasteiger partial charge >= 0.3 is 12.1 Å². The third kappa shape index (κ3) is 5.51. The maximum Gasteiger partial charge on any atom is 0.407 e. The Bertz CT molecular complexity index is 984. The molecule has 8 heteroatoms. The van der Waals surface area contributed by atoms with Crippen LogP contribution in [0.5, 0.6) is 0 Å². The molecule has 1 aliphatic carbocycles. The summed E-state index contributed by atoms with van der Waals surface area (Å²) in [5.74, 6) is -1.91. The van der Waals surface area contributed by atoms with Gasteiger partial charge in [0.15, 0.2) is 0 Å². The lowest BCUT2D eigenvalue weighted by molar-refractivity contribution is -0.146. The minimum absolute atomic E-state index is 0.0976. The highest BCUT2D eigenvalue weighted by Crippen LogP contribution is 2.44. The number of aliphatic carboxylic acids is 1. The van der Waals surface area contributed by atoms with Crippen molar-refractivity contribution in [1.29, 1.82) is 0 Å². The lowest BCUT2D eigenvalue weighted by atomic mass is 9.86. The van der Waals surface area contributed by atoms with Gasteiger partial charge in [-0.15, -0.1) is 0 Å². The number of rotatable bonds is 8. The molecule has 0 heterocycles. The molecule has 0 bridgehead atoms. The average Bonchev–Trinajstić information content (AvgIpc) is 3.08. The normalized spacial score (nSPS) is 13.6. The largest absolute Gasteiger partial charge is 0.480 e. The molecule has 0 spiro atoms. The van der Waals surface area contributed by atoms with Crippen LogP contribution in [-0.4, -0.2) is 65.4 Å². The Morgan fingerprint density at radius 1 is 1.03 bits per heavy atom. The number of amides is 2. The van der Waals surface area contributed by atoms with Crippen LogP contribution in [0, 0.1) is 5.41 Å². The van der Waals surface area contributed by atoms with E-state index in [0.717, 1.165) is 27.2 Å². The Balaban J connectivity index is 1.73. The van der Waals surface area contributed by atoms with Gasteiger partial charge in [0.2, 0.25) is 5.91 Å². The zero-order valence-corrected chi connectivity index (χ0v) is 19.1. The topological polar surface area (TPSA) is 116 Å². The fourth-order valence-electron chi connectivity index (χ4n) is 4.14. The van der Waals surface area contributed by atoms with Crippen molar-refractivity contribution in [3.8, 4) is 11.1 Å². The van der Waals surface area contributed by atoms with Crippen LogP contribution in [0.15, 0.2) is 48.5 Å². The van der Waals surface area contributed by atoms with Crippen LogP contribution in [0.3, 0.4) is 0 Å². The van der Waals surface area contributed by atoms with Gasteiger partial charge in [-0.2, -0.15) is 0 Å². The van der Waals surface area contributed by atoms with Crippen molar-refractivity contribution in [2.24, 2.45) is 5.41 Å². The Labute approximate surface area is 193 Å². The van der Waals surface area contributed by atoms with Crippen molar-refractivity contribution in [2.45, 2.75) is 32.7 Å². The number of nitrogens with one attached hydrogen (secondary N) is 1. The van der Waals surface area contributed by atoms with Gasteiger partial charge in [0.25, 0.3) is 0 Å². The Morgan fingerprint density at radius 2 is 1.58 bits per heavy atom. The predicted octanol–water partition coefficient (Wildman–Crippen LogP) is 2.85. The van der Waals surface area contributed by atoms with Crippen molar-refractivity contribution in [1.82, 2.24) is 10.2 Å². The van der Waals surface area contributed by atoms with Gasteiger partial charge in [0, 0.05) is 12.5 Å². The molecule has 0 saturated carbocycles. The van der Waals surface area contributed by atoms with Gasteiger partial charge in [0.1, 0.15) is 19.2 Å². The van der Waals surface area contributed by atoms with Crippen molar-refractivity contribution in [3.63, 3.8) is 0 Å². The van der Waals surface area contributed by atoms with Crippen molar-refractivity contribution >= 4 is 18.0 Å². The van der Waals surface area contributed by atoms with Crippen LogP contribution in [-0.2, 0) is 14.3 Å². The molecule has 2 aromatic rings. The number of nitrogens with zero attached hydrogens (tertiary/aromatic N) is 1. The van der Waals surface area contributed by atoms with E-state index in [-0.39, 0.29) is 25.7 Å². The zero-order chi connectivity index (χ0) is 24.2. The number of carbonyl (C=O) groups is 3. The molecular weight excluding hydrogens is 424 g/mol. The monoisotopic (exact) mass is 454 g/mol. The van der Waals surface area contributed by atoms with E-state index in [9.17, 15) is 19.5 Å². The van der Waals surface area contributed by atoms with E-state index in [0.29, 0.717) is 0 Å². The van der Waals surface area contributed by atoms with Crippen LogP contribution in [0.25, 0.3) is 11.1 Å². The van der Waals surface area contributed by atoms with Crippen LogP contribution < -0.4 is 5.32 Å². The summed E-state index contributed by atoms with van der Waals surface area (Å²) >= 11 is 0. The first-order valence-electron chi connectivity index (χ1n) is 10.9. The first-order valence-corrected chi connectivity index (χ1v) is 10.9. The number of hydrogen-bond acceptors (Lipinski definition) is 5. The minimum atomic E-state index is -1.20. The number of carboxylic acid groups (broad SMARTS) is 1. The summed E-state index contributed by atoms with van der Waals surface area (Å²) in [5, 5.41) is 20.9. The van der Waals surface area contributed by atoms with Crippen molar-refractivity contribution in [2.75, 3.05) is 26.3 Å². The Hall–Kier alpha value is -3.39. The lowest BCUT2D eigenvalue weighted by Gasteiger charge is -2.34. The Kier molecular flexibility index (Phi) is 7.38. The molecule has 0 fully saturated rings. The summed E-state index contributed by atoms with van der Waals surface area (Å²) in [6.07, 6.45) is -0.760. The number of aliphatic hydroxyl groups excluding tert-OH is 1. The SMILES string of the molecule is CC(C)(C)C(NC(=O)OCC1c2ccccc2-c2ccccc21)C(=O)N(CCO)CC(=O)O. The molecule has 2 amide bonds. The van der Waals surface area contributed by atoms with E-state index in [1.807, 2.05) is 48.5 Å². The molecule has 1 atom stereocenters. The van der Waals surface area contributed by atoms with Gasteiger partial charge in [-0.05, 0) is 27.7 Å². The van der Waals surface area contributed by atoms with Crippen LogP contribution in [0.2, 0.25) is 0 Å². The number of benzene rings is 2. The van der Waals surface area contributed by atoms with Crippen LogP contribution in [0.4, 0.5) is 4.79 Å². The molecule has 1 unspecified atom stereocenters. The third-order valence-corrected chi connectivity index (χ3v) is 5.73. The number of aliphatic hydroxyl groups is 1. The third-order valence-electron chi connectivity index (χ3n) is 5.73. The number of ether oxygens (including phenoxy) is 1. The molecule has 0 saturated heterocycles. The fraction of sp³-hybridized carbons (Fsp3) is 0.400. The second kappa shape index (κ2) is 10.0. The van der Waals surface area contributed by atoms with E-state index in [1.165, 1.54) is 0 Å². The molecule has 3 N–H and O–H groups in total. The summed E-state index contributed by atoms with van der Waals surface area (Å²) in [7, 11) is 0. The summed E-state index contributed by atoms with van der Waals surface area (Å²) in [5.41, 5.74) is 3.65. The predicted molar refractivity (Wildman–Crippen MR) is 123 cm³/mol. The standard InChI is InChI=1S/C25H30N2O6/c1-25(2,3)22(23(31)27(12-13-28)14-21(29)30)26-24(32)33-15-20-18-10-6-4-8-16(18)17-9-5-7-11-19(17)20/h4-11,20,22,28H,12-15H2,1-3H3,(H,26,32)(H,29,30). The smallest absolute Gasteiger partial charge is 0.407 e. The van der Waals surface area contributed by atoms with Gasteiger partial charge in [-0.3, -0.25) is 9.59 Å². The molecule has 3 rings (SSSR count). The van der Waals surface area contributed by atoms with E-state index in [2.05, 4.69) is 5.32 Å². The van der Waals surface area contributed by atoms with E-state index in [4.69, 9.17) is 9.84 Å². The first kappa shape index (κ1) is 24.3. The van der Waals surface area contributed by atoms with Crippen molar-refractivity contribution < 1.29 is 29.3 Å². The molecule has 1 aliphatic rings. The van der Waals surface area contributed by atoms with Crippen molar-refractivity contribution in [3.05, 3.63) is 59.7 Å². The molecular formula is C25H30N2O6. The molecule has 176 valence electrons. The van der Waals surface area contributed by atoms with Crippen LogP contribution in [0.1, 0.15) is 37.8 Å². The van der Waals surface area contributed by atoms with Gasteiger partial charge in [0.05, 0.1) is 6.61 Å². The summed E-state index contributed by atoms with van der Waals surface area (Å²) in [6.45, 7) is 4.27. The first-order chi connectivity index (χ1) is 15.6. The number of carbonyl (C=O) groups excluding carboxylic acids is 2. The number of alkyl carbamates (subject to hydrolysis) is 1. The second-order valence-corrected chi connectivity index (χ2v) is 9.15. The molecule has 2 aromatic carbocycles. The second-order valence-electron chi connectivity index (χ2n) is 9.15. The zero-order valence-electron chi connectivity index (χ0n) is 19.1. The lowest BCUT2D eigenvalue weighted by Crippen LogP contribution is -2.56. The highest BCUT2D eigenvalue weighted by molar-refractivity contribution is 5.89.